The van der Waals surface area contributed by atoms with Gasteiger partial charge < -0.3 is 15.7 Å². The average molecular weight is 237 g/mol. The van der Waals surface area contributed by atoms with Crippen LogP contribution in [0.1, 0.15) is 25.0 Å². The lowest BCUT2D eigenvalue weighted by Crippen LogP contribution is -2.23. The molecular weight excluding hydrogens is 218 g/mol. The number of aliphatic hydroxyl groups is 1. The maximum atomic E-state index is 8.67. The molecule has 0 saturated carbocycles. The fourth-order valence-corrected chi connectivity index (χ4v) is 1.42. The zero-order chi connectivity index (χ0) is 12.7. The number of hydrogen-bond donors (Lipinski definition) is 3. The Morgan fingerprint density at radius 1 is 1.47 bits per heavy atom. The smallest absolute Gasteiger partial charge is 0.225 e. The molecule has 6 nitrogen and oxygen atoms in total. The van der Waals surface area contributed by atoms with Crippen molar-refractivity contribution < 1.29 is 5.11 Å². The van der Waals surface area contributed by atoms with E-state index < -0.39 is 0 Å². The van der Waals surface area contributed by atoms with E-state index in [4.69, 9.17) is 16.2 Å². The summed E-state index contributed by atoms with van der Waals surface area (Å²) in [4.78, 5) is 10.2. The van der Waals surface area contributed by atoms with E-state index in [1.165, 1.54) is 0 Å². The minimum Gasteiger partial charge on any atom is -0.396 e. The van der Waals surface area contributed by atoms with Crippen LogP contribution in [0.3, 0.4) is 0 Å². The molecule has 1 rings (SSSR count). The summed E-state index contributed by atoms with van der Waals surface area (Å²) >= 11 is 0. The van der Waals surface area contributed by atoms with Gasteiger partial charge in [-0.1, -0.05) is 0 Å². The van der Waals surface area contributed by atoms with Gasteiger partial charge in [-0.15, -0.1) is 0 Å². The third kappa shape index (κ3) is 4.36. The van der Waals surface area contributed by atoms with Gasteiger partial charge in [-0.2, -0.15) is 0 Å². The van der Waals surface area contributed by atoms with E-state index in [1.54, 1.807) is 12.3 Å². The lowest BCUT2D eigenvalue weighted by molar-refractivity contribution is 0.283. The molecule has 1 aromatic heterocycles. The van der Waals surface area contributed by atoms with Crippen molar-refractivity contribution in [3.8, 4) is 0 Å². The zero-order valence-electron chi connectivity index (χ0n) is 10.1. The molecule has 0 fully saturated rings. The first-order chi connectivity index (χ1) is 8.15. The number of aliphatic hydroxyl groups excluding tert-OH is 1. The monoisotopic (exact) mass is 237 g/mol. The molecule has 0 aliphatic heterocycles. The predicted molar refractivity (Wildman–Crippen MR) is 67.3 cm³/mol. The number of nitrogens with one attached hydrogen (secondary N) is 1. The largest absolute Gasteiger partial charge is 0.396 e. The third-order valence-electron chi connectivity index (χ3n) is 2.41. The summed E-state index contributed by atoms with van der Waals surface area (Å²) in [5.74, 6) is 0.518. The SMILES string of the molecule is CN(CCCCCO)c1nccc(C(=N)N)n1. The van der Waals surface area contributed by atoms with Crippen LogP contribution in [0.5, 0.6) is 0 Å². The van der Waals surface area contributed by atoms with Gasteiger partial charge in [0.1, 0.15) is 11.5 Å². The van der Waals surface area contributed by atoms with Gasteiger partial charge in [-0.05, 0) is 25.3 Å². The molecule has 0 aromatic carbocycles. The molecule has 1 aromatic rings. The van der Waals surface area contributed by atoms with Gasteiger partial charge in [0.25, 0.3) is 0 Å². The van der Waals surface area contributed by atoms with Crippen molar-refractivity contribution in [1.82, 2.24) is 9.97 Å². The van der Waals surface area contributed by atoms with Gasteiger partial charge in [0.2, 0.25) is 5.95 Å². The number of aromatic nitrogens is 2. The molecular formula is C11H19N5O. The first kappa shape index (κ1) is 13.4. The summed E-state index contributed by atoms with van der Waals surface area (Å²) in [5.41, 5.74) is 5.81. The van der Waals surface area contributed by atoms with Gasteiger partial charge in [0.15, 0.2) is 0 Å². The Hall–Kier alpha value is -1.69. The van der Waals surface area contributed by atoms with E-state index in [1.807, 2.05) is 11.9 Å². The van der Waals surface area contributed by atoms with E-state index in [2.05, 4.69) is 9.97 Å². The normalized spacial score (nSPS) is 10.2. The number of nitrogens with zero attached hydrogens (tertiary/aromatic N) is 3. The summed E-state index contributed by atoms with van der Waals surface area (Å²) in [5, 5.41) is 16.0. The Kier molecular flexibility index (Phi) is 5.35. The van der Waals surface area contributed by atoms with Crippen molar-refractivity contribution in [3.05, 3.63) is 18.0 Å². The number of nitrogens with two attached hydrogens (primary N) is 1. The molecule has 0 amide bonds. The number of amidine groups is 1. The van der Waals surface area contributed by atoms with Crippen LogP contribution in [-0.4, -0.2) is 41.1 Å². The van der Waals surface area contributed by atoms with Gasteiger partial charge in [0.05, 0.1) is 0 Å². The van der Waals surface area contributed by atoms with Crippen LogP contribution in [0.4, 0.5) is 5.95 Å². The average Bonchev–Trinajstić information content (AvgIpc) is 2.34. The van der Waals surface area contributed by atoms with Crippen molar-refractivity contribution in [1.29, 1.82) is 5.41 Å². The molecule has 0 radical (unpaired) electrons. The molecule has 0 bridgehead atoms. The maximum Gasteiger partial charge on any atom is 0.225 e. The van der Waals surface area contributed by atoms with Gasteiger partial charge >= 0.3 is 0 Å². The van der Waals surface area contributed by atoms with E-state index in [9.17, 15) is 0 Å². The van der Waals surface area contributed by atoms with E-state index in [0.717, 1.165) is 25.8 Å². The van der Waals surface area contributed by atoms with Crippen LogP contribution >= 0.6 is 0 Å². The quantitative estimate of drug-likeness (QED) is 0.361. The standard InChI is InChI=1S/C11H19N5O/c1-16(7-3-2-4-8-17)11-14-6-5-9(15-11)10(12)13/h5-6,17H,2-4,7-8H2,1H3,(H3,12,13). The second-order valence-electron chi connectivity index (χ2n) is 3.86. The Bertz CT molecular complexity index is 369. The van der Waals surface area contributed by atoms with Gasteiger partial charge in [0, 0.05) is 26.4 Å². The van der Waals surface area contributed by atoms with Crippen LogP contribution in [0.2, 0.25) is 0 Å². The van der Waals surface area contributed by atoms with Crippen LogP contribution in [0.15, 0.2) is 12.3 Å². The van der Waals surface area contributed by atoms with Crippen molar-refractivity contribution in [3.63, 3.8) is 0 Å². The summed E-state index contributed by atoms with van der Waals surface area (Å²) < 4.78 is 0. The third-order valence-corrected chi connectivity index (χ3v) is 2.41. The van der Waals surface area contributed by atoms with E-state index >= 15 is 0 Å². The Morgan fingerprint density at radius 3 is 2.88 bits per heavy atom. The van der Waals surface area contributed by atoms with Crippen molar-refractivity contribution in [2.45, 2.75) is 19.3 Å². The first-order valence-electron chi connectivity index (χ1n) is 5.64. The molecule has 94 valence electrons. The molecule has 1 heterocycles. The number of unbranched alkanes of at least 4 members (excludes halogenated alkanes) is 2. The highest BCUT2D eigenvalue weighted by Crippen LogP contribution is 2.07. The van der Waals surface area contributed by atoms with Crippen molar-refractivity contribution >= 4 is 11.8 Å². The maximum absolute atomic E-state index is 8.67. The second kappa shape index (κ2) is 6.80. The zero-order valence-corrected chi connectivity index (χ0v) is 10.1. The van der Waals surface area contributed by atoms with E-state index in [0.29, 0.717) is 11.6 Å². The highest BCUT2D eigenvalue weighted by atomic mass is 16.2. The number of rotatable bonds is 7. The number of hydrogen-bond acceptors (Lipinski definition) is 5. The molecule has 6 heteroatoms. The van der Waals surface area contributed by atoms with Crippen LogP contribution in [-0.2, 0) is 0 Å². The Balaban J connectivity index is 2.53. The lowest BCUT2D eigenvalue weighted by Gasteiger charge is -2.16. The molecule has 4 N–H and O–H groups in total. The molecule has 0 aliphatic carbocycles. The van der Waals surface area contributed by atoms with Crippen molar-refractivity contribution in [2.75, 3.05) is 25.1 Å². The van der Waals surface area contributed by atoms with Crippen LogP contribution in [0, 0.1) is 5.41 Å². The minimum atomic E-state index is -0.0534. The summed E-state index contributed by atoms with van der Waals surface area (Å²) in [6, 6.07) is 1.62. The highest BCUT2D eigenvalue weighted by molar-refractivity contribution is 5.93. The fraction of sp³-hybridized carbons (Fsp3) is 0.545. The Morgan fingerprint density at radius 2 is 2.24 bits per heavy atom. The predicted octanol–water partition coefficient (Wildman–Crippen LogP) is 0.359. The molecule has 0 atom stereocenters. The van der Waals surface area contributed by atoms with E-state index in [-0.39, 0.29) is 12.4 Å². The Labute approximate surface area is 101 Å². The first-order valence-corrected chi connectivity index (χ1v) is 5.64. The van der Waals surface area contributed by atoms with Gasteiger partial charge in [-0.25, -0.2) is 9.97 Å². The number of nitrogen functional groups attached to an aromatic ring is 1. The summed E-state index contributed by atoms with van der Waals surface area (Å²) in [6.45, 7) is 1.06. The second-order valence-corrected chi connectivity index (χ2v) is 3.86. The molecule has 0 aliphatic rings. The highest BCUT2D eigenvalue weighted by Gasteiger charge is 2.06. The van der Waals surface area contributed by atoms with Crippen LogP contribution in [0.25, 0.3) is 0 Å². The van der Waals surface area contributed by atoms with Crippen LogP contribution < -0.4 is 10.6 Å². The molecule has 17 heavy (non-hydrogen) atoms. The summed E-state index contributed by atoms with van der Waals surface area (Å²) in [6.07, 6.45) is 4.38. The number of anilines is 1. The fourth-order valence-electron chi connectivity index (χ4n) is 1.42. The molecule has 0 unspecified atom stereocenters. The van der Waals surface area contributed by atoms with Gasteiger partial charge in [-0.3, -0.25) is 5.41 Å². The molecule has 0 saturated heterocycles. The topological polar surface area (TPSA) is 99.1 Å². The lowest BCUT2D eigenvalue weighted by atomic mass is 10.2. The molecule has 0 spiro atoms. The minimum absolute atomic E-state index is 0.0534. The summed E-state index contributed by atoms with van der Waals surface area (Å²) in [7, 11) is 1.90. The van der Waals surface area contributed by atoms with Crippen molar-refractivity contribution in [2.24, 2.45) is 5.73 Å².